The smallest absolute Gasteiger partial charge is 0.243 e. The molecule has 3 rings (SSSR count). The molecule has 10 nitrogen and oxygen atoms in total. The molecule has 2 aromatic carbocycles. The van der Waals surface area contributed by atoms with Gasteiger partial charge in [0, 0.05) is 30.1 Å². The Morgan fingerprint density at radius 1 is 1.00 bits per heavy atom. The quantitative estimate of drug-likeness (QED) is 0.105. The van der Waals surface area contributed by atoms with Crippen LogP contribution >= 0.6 is 0 Å². The van der Waals surface area contributed by atoms with E-state index in [9.17, 15) is 14.4 Å². The lowest BCUT2D eigenvalue weighted by molar-refractivity contribution is -0.130. The van der Waals surface area contributed by atoms with Crippen molar-refractivity contribution in [2.45, 2.75) is 43.8 Å². The zero-order valence-electron chi connectivity index (χ0n) is 19.9. The van der Waals surface area contributed by atoms with Crippen LogP contribution in [-0.4, -0.2) is 53.7 Å². The minimum atomic E-state index is -0.924. The van der Waals surface area contributed by atoms with Gasteiger partial charge in [-0.05, 0) is 36.5 Å². The number of nitrogens with two attached hydrogens (primary N) is 2. The summed E-state index contributed by atoms with van der Waals surface area (Å²) in [5.41, 5.74) is 14.1. The fraction of sp³-hybridized carbons (Fsp3) is 0.308. The van der Waals surface area contributed by atoms with E-state index in [1.54, 1.807) is 6.20 Å². The lowest BCUT2D eigenvalue weighted by Crippen LogP contribution is -2.54. The Hall–Kier alpha value is -4.18. The van der Waals surface area contributed by atoms with Crippen LogP contribution in [0.15, 0.2) is 60.8 Å². The molecular weight excluding hydrogens is 458 g/mol. The number of aromatic nitrogens is 1. The highest BCUT2D eigenvalue weighted by atomic mass is 16.2. The molecule has 36 heavy (non-hydrogen) atoms. The molecule has 1 radical (unpaired) electrons. The van der Waals surface area contributed by atoms with Gasteiger partial charge in [0.25, 0.3) is 0 Å². The molecule has 3 atom stereocenters. The summed E-state index contributed by atoms with van der Waals surface area (Å²) < 4.78 is 0. The average molecular weight is 491 g/mol. The third kappa shape index (κ3) is 7.67. The van der Waals surface area contributed by atoms with Gasteiger partial charge in [0.1, 0.15) is 6.04 Å². The van der Waals surface area contributed by atoms with E-state index in [2.05, 4.69) is 20.9 Å². The number of amides is 2. The normalized spacial score (nSPS) is 13.4. The van der Waals surface area contributed by atoms with Crippen LogP contribution in [0.3, 0.4) is 0 Å². The first kappa shape index (κ1) is 26.4. The second-order valence-electron chi connectivity index (χ2n) is 8.58. The standard InChI is InChI=1S/C26H32N7O3/c27-21(13-17-7-2-1-3-8-17)24(35)33-23(11-6-12-30-26(28)29)25(36)32-19(16-34)14-18-15-31-22-10-5-4-9-20(18)22/h1-5,7-10,15,19,21,23,31H,6,11-14,27H2,(H,32,36)(H,33,35)(H4,28,29,30)/t19-,21-,23-/m0/s1. The first-order valence-electron chi connectivity index (χ1n) is 11.8. The molecule has 0 bridgehead atoms. The molecule has 1 heterocycles. The van der Waals surface area contributed by atoms with E-state index in [4.69, 9.17) is 16.9 Å². The number of hydrogen-bond donors (Lipinski definition) is 7. The van der Waals surface area contributed by atoms with Gasteiger partial charge in [-0.2, -0.15) is 0 Å². The molecule has 1 aromatic heterocycles. The number of hydrogen-bond acceptors (Lipinski definition) is 5. The number of fused-ring (bicyclic) bond motifs is 1. The second-order valence-corrected chi connectivity index (χ2v) is 8.58. The van der Waals surface area contributed by atoms with Crippen molar-refractivity contribution in [2.75, 3.05) is 6.54 Å². The fourth-order valence-corrected chi connectivity index (χ4v) is 3.95. The number of H-pyrrole nitrogens is 1. The number of nitrogens with one attached hydrogen (secondary N) is 5. The first-order chi connectivity index (χ1) is 17.4. The molecule has 0 saturated carbocycles. The van der Waals surface area contributed by atoms with Crippen molar-refractivity contribution < 1.29 is 14.4 Å². The maximum Gasteiger partial charge on any atom is 0.243 e. The third-order valence-corrected chi connectivity index (χ3v) is 5.81. The van der Waals surface area contributed by atoms with E-state index in [0.29, 0.717) is 19.4 Å². The Balaban J connectivity index is 1.65. The molecule has 0 aliphatic heterocycles. The average Bonchev–Trinajstić information content (AvgIpc) is 3.28. The van der Waals surface area contributed by atoms with E-state index in [-0.39, 0.29) is 18.8 Å². The van der Waals surface area contributed by atoms with Gasteiger partial charge >= 0.3 is 0 Å². The maximum absolute atomic E-state index is 13.1. The van der Waals surface area contributed by atoms with Crippen LogP contribution in [0.5, 0.6) is 0 Å². The molecule has 189 valence electrons. The highest BCUT2D eigenvalue weighted by Crippen LogP contribution is 2.19. The lowest BCUT2D eigenvalue weighted by atomic mass is 10.0. The van der Waals surface area contributed by atoms with Crippen LogP contribution in [0.1, 0.15) is 24.0 Å². The Bertz CT molecular complexity index is 1180. The topological polar surface area (TPSA) is 179 Å². The molecule has 0 spiro atoms. The zero-order valence-corrected chi connectivity index (χ0v) is 19.9. The Morgan fingerprint density at radius 2 is 1.72 bits per heavy atom. The summed E-state index contributed by atoms with van der Waals surface area (Å²) in [5, 5.41) is 16.3. The molecule has 9 N–H and O–H groups in total. The summed E-state index contributed by atoms with van der Waals surface area (Å²) in [7, 11) is 0. The number of guanidine groups is 1. The number of carbonyl (C=O) groups excluding carboxylic acids is 3. The van der Waals surface area contributed by atoms with Crippen molar-refractivity contribution in [3.05, 3.63) is 71.9 Å². The van der Waals surface area contributed by atoms with E-state index in [1.165, 1.54) is 0 Å². The maximum atomic E-state index is 13.1. The number of carbonyl (C=O) groups is 2. The van der Waals surface area contributed by atoms with Gasteiger partial charge in [-0.15, -0.1) is 0 Å². The van der Waals surface area contributed by atoms with Gasteiger partial charge < -0.3 is 32.4 Å². The molecule has 0 saturated heterocycles. The Kier molecular flexibility index (Phi) is 9.58. The van der Waals surface area contributed by atoms with Gasteiger partial charge in [0.2, 0.25) is 18.1 Å². The largest absolute Gasteiger partial charge is 0.370 e. The van der Waals surface area contributed by atoms with Gasteiger partial charge in [-0.25, -0.2) is 0 Å². The fourth-order valence-electron chi connectivity index (χ4n) is 3.95. The summed E-state index contributed by atoms with van der Waals surface area (Å²) in [6.45, 7) is 0.351. The van der Waals surface area contributed by atoms with Gasteiger partial charge in [-0.1, -0.05) is 48.5 Å². The number of aromatic amines is 1. The molecule has 0 unspecified atom stereocenters. The molecule has 0 aliphatic rings. The van der Waals surface area contributed by atoms with Crippen LogP contribution in [0.2, 0.25) is 0 Å². The zero-order chi connectivity index (χ0) is 25.9. The van der Waals surface area contributed by atoms with Crippen molar-refractivity contribution in [2.24, 2.45) is 11.5 Å². The first-order valence-corrected chi connectivity index (χ1v) is 11.8. The van der Waals surface area contributed by atoms with E-state index in [0.717, 1.165) is 22.0 Å². The van der Waals surface area contributed by atoms with Crippen molar-refractivity contribution in [1.29, 1.82) is 5.41 Å². The lowest BCUT2D eigenvalue weighted by Gasteiger charge is -2.22. The monoisotopic (exact) mass is 490 g/mol. The minimum Gasteiger partial charge on any atom is -0.370 e. The predicted octanol–water partition coefficient (Wildman–Crippen LogP) is 0.623. The summed E-state index contributed by atoms with van der Waals surface area (Å²) in [6, 6.07) is 14.3. The van der Waals surface area contributed by atoms with Crippen molar-refractivity contribution in [3.63, 3.8) is 0 Å². The van der Waals surface area contributed by atoms with Crippen LogP contribution < -0.4 is 27.4 Å². The Morgan fingerprint density at radius 3 is 2.44 bits per heavy atom. The molecule has 10 heteroatoms. The van der Waals surface area contributed by atoms with Crippen LogP contribution in [0.4, 0.5) is 0 Å². The van der Waals surface area contributed by atoms with Crippen molar-refractivity contribution in [1.82, 2.24) is 20.9 Å². The van der Waals surface area contributed by atoms with Gasteiger partial charge in [0.15, 0.2) is 5.96 Å². The van der Waals surface area contributed by atoms with Crippen LogP contribution in [0, 0.1) is 5.41 Å². The van der Waals surface area contributed by atoms with Gasteiger partial charge in [0.05, 0.1) is 12.1 Å². The number of benzene rings is 2. The minimum absolute atomic E-state index is 0.181. The SMILES string of the molecule is N=C(N)NCCC[C@H](NC(=O)[C@@H](N)Cc1ccccc1)C(=O)N[C@H]([C]=O)Cc1c[nH]c2ccccc12. The van der Waals surface area contributed by atoms with Gasteiger partial charge in [-0.3, -0.25) is 19.8 Å². The molecule has 0 aliphatic carbocycles. The van der Waals surface area contributed by atoms with Crippen LogP contribution in [-0.2, 0) is 27.2 Å². The Labute approximate surface area is 209 Å². The predicted molar refractivity (Wildman–Crippen MR) is 139 cm³/mol. The van der Waals surface area contributed by atoms with E-state index < -0.39 is 29.9 Å². The summed E-state index contributed by atoms with van der Waals surface area (Å²) in [4.78, 5) is 40.7. The van der Waals surface area contributed by atoms with Crippen LogP contribution in [0.25, 0.3) is 10.9 Å². The third-order valence-electron chi connectivity index (χ3n) is 5.81. The van der Waals surface area contributed by atoms with E-state index >= 15 is 0 Å². The number of rotatable bonds is 13. The highest BCUT2D eigenvalue weighted by molar-refractivity contribution is 5.91. The highest BCUT2D eigenvalue weighted by Gasteiger charge is 2.26. The second kappa shape index (κ2) is 13.1. The summed E-state index contributed by atoms with van der Waals surface area (Å²) >= 11 is 0. The summed E-state index contributed by atoms with van der Waals surface area (Å²) in [5.74, 6) is -1.16. The molecule has 2 amide bonds. The van der Waals surface area contributed by atoms with Crippen molar-refractivity contribution in [3.8, 4) is 0 Å². The molecular formula is C26H32N7O3. The molecule has 3 aromatic rings. The summed E-state index contributed by atoms with van der Waals surface area (Å²) in [6.07, 6.45) is 4.97. The van der Waals surface area contributed by atoms with E-state index in [1.807, 2.05) is 60.9 Å². The molecule has 0 fully saturated rings. The van der Waals surface area contributed by atoms with Crippen molar-refractivity contribution >= 4 is 35.0 Å². The number of para-hydroxylation sites is 1.